The van der Waals surface area contributed by atoms with Crippen LogP contribution in [0.5, 0.6) is 5.75 Å². The van der Waals surface area contributed by atoms with Crippen LogP contribution in [0.1, 0.15) is 30.9 Å². The zero-order valence-corrected chi connectivity index (χ0v) is 16.0. The van der Waals surface area contributed by atoms with Gasteiger partial charge in [0, 0.05) is 37.1 Å². The normalized spacial score (nSPS) is 19.0. The van der Waals surface area contributed by atoms with Crippen molar-refractivity contribution in [2.24, 2.45) is 7.05 Å². The standard InChI is InChI=1S/C19H19F2N5OS/c1-26-15(5-8-24-26)12-3-2-4-16(12)27-17-9-14(21)18(10-13(17)20)28-25-19-6-7-22-11-23-19/h5-12,16H,2-4H2,1H3,(H,22,23,25)/t12-,16?/m0/s1. The number of nitrogens with one attached hydrogen (secondary N) is 1. The van der Waals surface area contributed by atoms with Crippen LogP contribution in [-0.2, 0) is 7.05 Å². The lowest BCUT2D eigenvalue weighted by Gasteiger charge is -2.22. The molecule has 146 valence electrons. The lowest BCUT2D eigenvalue weighted by Crippen LogP contribution is -2.22. The van der Waals surface area contributed by atoms with Crippen LogP contribution in [0.15, 0.2) is 47.9 Å². The highest BCUT2D eigenvalue weighted by molar-refractivity contribution is 8.00. The average Bonchev–Trinajstić information content (AvgIpc) is 3.32. The zero-order valence-electron chi connectivity index (χ0n) is 15.2. The van der Waals surface area contributed by atoms with Crippen molar-refractivity contribution in [3.8, 4) is 5.75 Å². The maximum absolute atomic E-state index is 14.6. The second kappa shape index (κ2) is 8.14. The van der Waals surface area contributed by atoms with E-state index in [0.717, 1.165) is 49.0 Å². The summed E-state index contributed by atoms with van der Waals surface area (Å²) in [5, 5.41) is 4.20. The number of halogens is 2. The first kappa shape index (κ1) is 18.7. The summed E-state index contributed by atoms with van der Waals surface area (Å²) in [6.45, 7) is 0. The molecule has 2 aromatic heterocycles. The van der Waals surface area contributed by atoms with Gasteiger partial charge in [0.2, 0.25) is 0 Å². The van der Waals surface area contributed by atoms with Gasteiger partial charge in [0.05, 0.1) is 4.90 Å². The van der Waals surface area contributed by atoms with Gasteiger partial charge in [-0.05, 0) is 49.4 Å². The van der Waals surface area contributed by atoms with E-state index in [1.54, 1.807) is 18.5 Å². The molecule has 1 saturated carbocycles. The molecule has 28 heavy (non-hydrogen) atoms. The van der Waals surface area contributed by atoms with Gasteiger partial charge in [-0.15, -0.1) is 0 Å². The summed E-state index contributed by atoms with van der Waals surface area (Å²) in [6, 6.07) is 5.83. The Bertz CT molecular complexity index is 953. The van der Waals surface area contributed by atoms with Crippen LogP contribution in [0.4, 0.5) is 14.6 Å². The third-order valence-electron chi connectivity index (χ3n) is 4.80. The highest BCUT2D eigenvalue weighted by Crippen LogP contribution is 2.38. The third kappa shape index (κ3) is 3.94. The smallest absolute Gasteiger partial charge is 0.166 e. The summed E-state index contributed by atoms with van der Waals surface area (Å²) in [5.74, 6) is -0.599. The predicted molar refractivity (Wildman–Crippen MR) is 102 cm³/mol. The third-order valence-corrected chi connectivity index (χ3v) is 5.65. The summed E-state index contributed by atoms with van der Waals surface area (Å²) in [6.07, 6.45) is 7.17. The van der Waals surface area contributed by atoms with E-state index in [1.807, 2.05) is 17.8 Å². The number of aromatic nitrogens is 4. The second-order valence-corrected chi connectivity index (χ2v) is 7.43. The molecule has 0 amide bonds. The molecule has 1 aromatic carbocycles. The van der Waals surface area contributed by atoms with Crippen molar-refractivity contribution in [1.29, 1.82) is 0 Å². The van der Waals surface area contributed by atoms with E-state index in [2.05, 4.69) is 19.8 Å². The number of hydrogen-bond acceptors (Lipinski definition) is 6. The fourth-order valence-electron chi connectivity index (χ4n) is 3.45. The molecule has 0 spiro atoms. The van der Waals surface area contributed by atoms with Gasteiger partial charge in [0.25, 0.3) is 0 Å². The minimum atomic E-state index is -0.593. The molecule has 0 aliphatic heterocycles. The van der Waals surface area contributed by atoms with E-state index in [4.69, 9.17) is 4.74 Å². The Morgan fingerprint density at radius 2 is 2.07 bits per heavy atom. The Morgan fingerprint density at radius 3 is 2.82 bits per heavy atom. The molecule has 1 unspecified atom stereocenters. The minimum Gasteiger partial charge on any atom is -0.487 e. The molecule has 0 radical (unpaired) electrons. The van der Waals surface area contributed by atoms with Gasteiger partial charge in [-0.2, -0.15) is 5.10 Å². The fraction of sp³-hybridized carbons (Fsp3) is 0.316. The second-order valence-electron chi connectivity index (χ2n) is 6.59. The summed E-state index contributed by atoms with van der Waals surface area (Å²) in [5.41, 5.74) is 1.05. The number of hydrogen-bond donors (Lipinski definition) is 1. The maximum Gasteiger partial charge on any atom is 0.166 e. The van der Waals surface area contributed by atoms with E-state index >= 15 is 0 Å². The molecule has 0 bridgehead atoms. The fourth-order valence-corrected chi connectivity index (χ4v) is 4.11. The molecule has 3 aromatic rings. The van der Waals surface area contributed by atoms with Gasteiger partial charge in [0.15, 0.2) is 11.6 Å². The van der Waals surface area contributed by atoms with Gasteiger partial charge >= 0.3 is 0 Å². The van der Waals surface area contributed by atoms with E-state index in [0.29, 0.717) is 5.82 Å². The lowest BCUT2D eigenvalue weighted by molar-refractivity contribution is 0.178. The van der Waals surface area contributed by atoms with Gasteiger partial charge in [-0.3, -0.25) is 4.68 Å². The van der Waals surface area contributed by atoms with Crippen molar-refractivity contribution in [3.05, 3.63) is 60.3 Å². The SMILES string of the molecule is Cn1nccc1[C@@H]1CCCC1Oc1cc(F)c(SNc2ccncn2)cc1F. The van der Waals surface area contributed by atoms with Crippen LogP contribution in [0.25, 0.3) is 0 Å². The van der Waals surface area contributed by atoms with Crippen LogP contribution in [0.3, 0.4) is 0 Å². The number of nitrogens with zero attached hydrogens (tertiary/aromatic N) is 4. The topological polar surface area (TPSA) is 64.9 Å². The first-order chi connectivity index (χ1) is 13.6. The summed E-state index contributed by atoms with van der Waals surface area (Å²) >= 11 is 0.944. The number of benzene rings is 1. The van der Waals surface area contributed by atoms with Gasteiger partial charge in [-0.25, -0.2) is 18.7 Å². The molecule has 2 heterocycles. The van der Waals surface area contributed by atoms with Crippen LogP contribution in [0, 0.1) is 11.6 Å². The first-order valence-corrected chi connectivity index (χ1v) is 9.76. The Morgan fingerprint density at radius 1 is 1.18 bits per heavy atom. The highest BCUT2D eigenvalue weighted by atomic mass is 32.2. The van der Waals surface area contributed by atoms with Gasteiger partial charge in [0.1, 0.15) is 24.1 Å². The Labute approximate surface area is 165 Å². The number of anilines is 1. The van der Waals surface area contributed by atoms with Crippen molar-refractivity contribution < 1.29 is 13.5 Å². The zero-order chi connectivity index (χ0) is 19.5. The van der Waals surface area contributed by atoms with Crippen LogP contribution < -0.4 is 9.46 Å². The molecule has 1 N–H and O–H groups in total. The molecule has 1 aliphatic carbocycles. The monoisotopic (exact) mass is 403 g/mol. The maximum atomic E-state index is 14.6. The molecule has 0 saturated heterocycles. The summed E-state index contributed by atoms with van der Waals surface area (Å²) < 4.78 is 39.6. The largest absolute Gasteiger partial charge is 0.487 e. The molecule has 4 rings (SSSR count). The average molecular weight is 403 g/mol. The number of ether oxygens (including phenoxy) is 1. The Kier molecular flexibility index (Phi) is 5.43. The van der Waals surface area contributed by atoms with Gasteiger partial charge in [-0.1, -0.05) is 0 Å². The lowest BCUT2D eigenvalue weighted by atomic mass is 10.0. The molecule has 9 heteroatoms. The molecule has 1 fully saturated rings. The van der Waals surface area contributed by atoms with Crippen molar-refractivity contribution >= 4 is 17.8 Å². The quantitative estimate of drug-likeness (QED) is 0.619. The molecule has 6 nitrogen and oxygen atoms in total. The van der Waals surface area contributed by atoms with Crippen LogP contribution in [-0.4, -0.2) is 25.9 Å². The summed E-state index contributed by atoms with van der Waals surface area (Å²) in [7, 11) is 1.88. The van der Waals surface area contributed by atoms with Crippen molar-refractivity contribution in [2.75, 3.05) is 4.72 Å². The predicted octanol–water partition coefficient (Wildman–Crippen LogP) is 4.32. The van der Waals surface area contributed by atoms with Crippen molar-refractivity contribution in [1.82, 2.24) is 19.7 Å². The van der Waals surface area contributed by atoms with E-state index in [1.165, 1.54) is 6.33 Å². The summed E-state index contributed by atoms with van der Waals surface area (Å²) in [4.78, 5) is 7.91. The Hall–Kier alpha value is -2.68. The first-order valence-electron chi connectivity index (χ1n) is 8.94. The highest BCUT2D eigenvalue weighted by Gasteiger charge is 2.33. The molecular formula is C19H19F2N5OS. The molecule has 1 aliphatic rings. The van der Waals surface area contributed by atoms with Crippen molar-refractivity contribution in [2.45, 2.75) is 36.2 Å². The van der Waals surface area contributed by atoms with E-state index in [9.17, 15) is 8.78 Å². The number of aryl methyl sites for hydroxylation is 1. The molecule has 2 atom stereocenters. The van der Waals surface area contributed by atoms with Crippen LogP contribution in [0.2, 0.25) is 0 Å². The van der Waals surface area contributed by atoms with Crippen LogP contribution >= 0.6 is 11.9 Å². The number of rotatable bonds is 6. The van der Waals surface area contributed by atoms with E-state index in [-0.39, 0.29) is 22.7 Å². The van der Waals surface area contributed by atoms with Crippen molar-refractivity contribution in [3.63, 3.8) is 0 Å². The Balaban J connectivity index is 1.48. The minimum absolute atomic E-state index is 0.0667. The van der Waals surface area contributed by atoms with E-state index < -0.39 is 11.6 Å². The molecular weight excluding hydrogens is 384 g/mol. The van der Waals surface area contributed by atoms with Gasteiger partial charge < -0.3 is 9.46 Å².